The molecule has 0 radical (unpaired) electrons. The minimum absolute atomic E-state index is 0.00217. The molecule has 0 atom stereocenters. The number of ether oxygens (including phenoxy) is 1. The lowest BCUT2D eigenvalue weighted by Gasteiger charge is -2.10. The molecule has 1 amide bonds. The smallest absolute Gasteiger partial charge is 0.411 e. The number of hydrogen-bond acceptors (Lipinski definition) is 3. The number of amides is 1. The summed E-state index contributed by atoms with van der Waals surface area (Å²) in [4.78, 5) is 22.2. The summed E-state index contributed by atoms with van der Waals surface area (Å²) in [6, 6.07) is 3.07. The molecular formula is C12H14FNO4. The number of carbonyl (C=O) groups excluding carboxylic acids is 1. The summed E-state index contributed by atoms with van der Waals surface area (Å²) in [5.41, 5.74) is -0.325. The van der Waals surface area contributed by atoms with E-state index in [0.29, 0.717) is 0 Å². The third-order valence-electron chi connectivity index (χ3n) is 2.00. The number of carboxylic acid groups (broad SMARTS) is 1. The zero-order valence-corrected chi connectivity index (χ0v) is 10.1. The van der Waals surface area contributed by atoms with Gasteiger partial charge in [0, 0.05) is 0 Å². The summed E-state index contributed by atoms with van der Waals surface area (Å²) in [5.74, 6) is -1.84. The fourth-order valence-electron chi connectivity index (χ4n) is 1.19. The zero-order valence-electron chi connectivity index (χ0n) is 10.1. The molecule has 1 aromatic carbocycles. The van der Waals surface area contributed by atoms with E-state index < -0.39 is 17.9 Å². The number of carbonyl (C=O) groups is 2. The highest BCUT2D eigenvalue weighted by Crippen LogP contribution is 2.17. The normalized spacial score (nSPS) is 10.2. The van der Waals surface area contributed by atoms with Crippen molar-refractivity contribution in [2.24, 2.45) is 5.92 Å². The van der Waals surface area contributed by atoms with Gasteiger partial charge >= 0.3 is 12.1 Å². The Kier molecular flexibility index (Phi) is 4.65. The van der Waals surface area contributed by atoms with Crippen molar-refractivity contribution in [3.63, 3.8) is 0 Å². The van der Waals surface area contributed by atoms with Crippen LogP contribution in [0.2, 0.25) is 0 Å². The Hall–Kier alpha value is -2.11. The van der Waals surface area contributed by atoms with Crippen LogP contribution in [0.4, 0.5) is 14.9 Å². The molecule has 0 saturated carbocycles. The lowest BCUT2D eigenvalue weighted by atomic mass is 10.2. The number of aromatic carboxylic acids is 1. The molecule has 2 N–H and O–H groups in total. The van der Waals surface area contributed by atoms with Crippen molar-refractivity contribution >= 4 is 17.7 Å². The van der Waals surface area contributed by atoms with Gasteiger partial charge in [-0.3, -0.25) is 5.32 Å². The molecular weight excluding hydrogens is 241 g/mol. The van der Waals surface area contributed by atoms with Crippen LogP contribution in [0.15, 0.2) is 18.2 Å². The number of benzene rings is 1. The summed E-state index contributed by atoms with van der Waals surface area (Å²) < 4.78 is 17.7. The molecule has 0 spiro atoms. The maximum atomic E-state index is 12.9. The van der Waals surface area contributed by atoms with Crippen molar-refractivity contribution in [1.29, 1.82) is 0 Å². The maximum Gasteiger partial charge on any atom is 0.411 e. The Morgan fingerprint density at radius 1 is 1.44 bits per heavy atom. The highest BCUT2D eigenvalue weighted by Gasteiger charge is 2.14. The van der Waals surface area contributed by atoms with Crippen molar-refractivity contribution in [3.8, 4) is 0 Å². The zero-order chi connectivity index (χ0) is 13.7. The van der Waals surface area contributed by atoms with Crippen LogP contribution >= 0.6 is 0 Å². The van der Waals surface area contributed by atoms with E-state index in [9.17, 15) is 14.0 Å². The van der Waals surface area contributed by atoms with Crippen molar-refractivity contribution in [3.05, 3.63) is 29.6 Å². The number of hydrogen-bond donors (Lipinski definition) is 2. The number of rotatable bonds is 4. The summed E-state index contributed by atoms with van der Waals surface area (Å²) in [6.45, 7) is 3.96. The molecule has 1 rings (SSSR count). The van der Waals surface area contributed by atoms with Gasteiger partial charge in [-0.1, -0.05) is 13.8 Å². The predicted molar refractivity (Wildman–Crippen MR) is 63.2 cm³/mol. The van der Waals surface area contributed by atoms with Gasteiger partial charge in [-0.15, -0.1) is 0 Å². The van der Waals surface area contributed by atoms with Crippen LogP contribution in [0, 0.1) is 11.7 Å². The van der Waals surface area contributed by atoms with Crippen LogP contribution in [0.3, 0.4) is 0 Å². The first-order valence-corrected chi connectivity index (χ1v) is 5.36. The Morgan fingerprint density at radius 3 is 2.67 bits per heavy atom. The van der Waals surface area contributed by atoms with Gasteiger partial charge in [-0.05, 0) is 24.1 Å². The molecule has 18 heavy (non-hydrogen) atoms. The number of nitrogens with one attached hydrogen (secondary N) is 1. The number of carboxylic acids is 1. The van der Waals surface area contributed by atoms with Crippen LogP contribution in [0.5, 0.6) is 0 Å². The number of halogens is 1. The SMILES string of the molecule is CC(C)COC(=O)Nc1ccc(F)cc1C(=O)O. The second kappa shape index (κ2) is 6.00. The Labute approximate surface area is 104 Å². The van der Waals surface area contributed by atoms with E-state index in [1.54, 1.807) is 0 Å². The van der Waals surface area contributed by atoms with E-state index >= 15 is 0 Å². The second-order valence-corrected chi connectivity index (χ2v) is 4.11. The number of anilines is 1. The van der Waals surface area contributed by atoms with Gasteiger partial charge in [0.1, 0.15) is 5.82 Å². The van der Waals surface area contributed by atoms with Crippen LogP contribution in [0.1, 0.15) is 24.2 Å². The molecule has 0 aliphatic heterocycles. The van der Waals surface area contributed by atoms with Crippen LogP contribution < -0.4 is 5.32 Å². The fourth-order valence-corrected chi connectivity index (χ4v) is 1.19. The lowest BCUT2D eigenvalue weighted by molar-refractivity contribution is 0.0697. The highest BCUT2D eigenvalue weighted by atomic mass is 19.1. The summed E-state index contributed by atoms with van der Waals surface area (Å²) in [7, 11) is 0. The van der Waals surface area contributed by atoms with Gasteiger partial charge < -0.3 is 9.84 Å². The Morgan fingerprint density at radius 2 is 2.11 bits per heavy atom. The minimum atomic E-state index is -1.33. The van der Waals surface area contributed by atoms with Crippen molar-refractivity contribution in [2.75, 3.05) is 11.9 Å². The van der Waals surface area contributed by atoms with Gasteiger partial charge in [0.25, 0.3) is 0 Å². The third kappa shape index (κ3) is 4.04. The molecule has 0 bridgehead atoms. The average molecular weight is 255 g/mol. The van der Waals surface area contributed by atoms with Gasteiger partial charge in [-0.25, -0.2) is 14.0 Å². The van der Waals surface area contributed by atoms with Crippen LogP contribution in [0.25, 0.3) is 0 Å². The van der Waals surface area contributed by atoms with Crippen molar-refractivity contribution in [2.45, 2.75) is 13.8 Å². The largest absolute Gasteiger partial charge is 0.478 e. The van der Waals surface area contributed by atoms with Gasteiger partial charge in [0.15, 0.2) is 0 Å². The van der Waals surface area contributed by atoms with E-state index in [0.717, 1.165) is 12.1 Å². The van der Waals surface area contributed by atoms with Gasteiger partial charge in [-0.2, -0.15) is 0 Å². The third-order valence-corrected chi connectivity index (χ3v) is 2.00. The van der Waals surface area contributed by atoms with Gasteiger partial charge in [0.05, 0.1) is 17.9 Å². The lowest BCUT2D eigenvalue weighted by Crippen LogP contribution is -2.18. The summed E-state index contributed by atoms with van der Waals surface area (Å²) in [6.07, 6.45) is -0.766. The standard InChI is InChI=1S/C12H14FNO4/c1-7(2)6-18-12(17)14-10-4-3-8(13)5-9(10)11(15)16/h3-5,7H,6H2,1-2H3,(H,14,17)(H,15,16). The van der Waals surface area contributed by atoms with E-state index in [-0.39, 0.29) is 23.8 Å². The van der Waals surface area contributed by atoms with Crippen LogP contribution in [-0.2, 0) is 4.74 Å². The highest BCUT2D eigenvalue weighted by molar-refractivity contribution is 5.98. The maximum absolute atomic E-state index is 12.9. The fraction of sp³-hybridized carbons (Fsp3) is 0.333. The molecule has 5 nitrogen and oxygen atoms in total. The molecule has 6 heteroatoms. The van der Waals surface area contributed by atoms with Crippen molar-refractivity contribution in [1.82, 2.24) is 0 Å². The van der Waals surface area contributed by atoms with E-state index in [1.165, 1.54) is 6.07 Å². The van der Waals surface area contributed by atoms with E-state index in [2.05, 4.69) is 5.32 Å². The molecule has 0 unspecified atom stereocenters. The molecule has 0 saturated heterocycles. The average Bonchev–Trinajstić information content (AvgIpc) is 2.28. The monoisotopic (exact) mass is 255 g/mol. The molecule has 0 heterocycles. The second-order valence-electron chi connectivity index (χ2n) is 4.11. The van der Waals surface area contributed by atoms with Crippen LogP contribution in [-0.4, -0.2) is 23.8 Å². The summed E-state index contributed by atoms with van der Waals surface area (Å²) in [5, 5.41) is 11.1. The quantitative estimate of drug-likeness (QED) is 0.867. The molecule has 0 aliphatic rings. The Bertz CT molecular complexity index is 459. The first-order chi connectivity index (χ1) is 8.40. The molecule has 1 aromatic rings. The van der Waals surface area contributed by atoms with E-state index in [1.807, 2.05) is 13.8 Å². The first kappa shape index (κ1) is 14.0. The van der Waals surface area contributed by atoms with Gasteiger partial charge in [0.2, 0.25) is 0 Å². The first-order valence-electron chi connectivity index (χ1n) is 5.36. The van der Waals surface area contributed by atoms with Crippen molar-refractivity contribution < 1.29 is 23.8 Å². The minimum Gasteiger partial charge on any atom is -0.478 e. The molecule has 98 valence electrons. The molecule has 0 aromatic heterocycles. The van der Waals surface area contributed by atoms with E-state index in [4.69, 9.17) is 9.84 Å². The molecule has 0 aliphatic carbocycles. The Balaban J connectivity index is 2.78. The summed E-state index contributed by atoms with van der Waals surface area (Å²) >= 11 is 0. The topological polar surface area (TPSA) is 75.6 Å². The predicted octanol–water partition coefficient (Wildman–Crippen LogP) is 2.73. The molecule has 0 fully saturated rings.